The lowest BCUT2D eigenvalue weighted by molar-refractivity contribution is 0.0161. The Morgan fingerprint density at radius 2 is 2.21 bits per heavy atom. The van der Waals surface area contributed by atoms with Crippen molar-refractivity contribution in [1.82, 2.24) is 0 Å². The Morgan fingerprint density at radius 3 is 2.93 bits per heavy atom. The first-order chi connectivity index (χ1) is 6.83. The fraction of sp³-hybridized carbons (Fsp3) is 0.455. The summed E-state index contributed by atoms with van der Waals surface area (Å²) in [5.74, 6) is 0.865. The van der Waals surface area contributed by atoms with Crippen LogP contribution in [0.4, 0.5) is 0 Å². The van der Waals surface area contributed by atoms with Gasteiger partial charge in [0.25, 0.3) is 0 Å². The van der Waals surface area contributed by atoms with Crippen molar-refractivity contribution in [2.75, 3.05) is 18.7 Å². The van der Waals surface area contributed by atoms with E-state index in [9.17, 15) is 0 Å². The summed E-state index contributed by atoms with van der Waals surface area (Å²) >= 11 is 3.34. The maximum atomic E-state index is 5.40. The Balaban J connectivity index is 2.18. The molecule has 2 nitrogen and oxygen atoms in total. The van der Waals surface area contributed by atoms with E-state index in [1.165, 1.54) is 5.56 Å². The number of hydrogen-bond acceptors (Lipinski definition) is 2. The summed E-state index contributed by atoms with van der Waals surface area (Å²) in [4.78, 5) is 0. The zero-order chi connectivity index (χ0) is 10.2. The molecule has 0 atom stereocenters. The minimum absolute atomic E-state index is 0.330. The molecule has 1 rings (SSSR count). The average molecular weight is 259 g/mol. The van der Waals surface area contributed by atoms with Crippen molar-refractivity contribution in [2.45, 2.75) is 13.3 Å². The van der Waals surface area contributed by atoms with Gasteiger partial charge in [-0.2, -0.15) is 0 Å². The van der Waals surface area contributed by atoms with E-state index in [4.69, 9.17) is 9.47 Å². The number of hydrogen-bond donors (Lipinski definition) is 0. The molecule has 3 heteroatoms. The van der Waals surface area contributed by atoms with Crippen LogP contribution in [0, 0.1) is 6.92 Å². The van der Waals surface area contributed by atoms with Gasteiger partial charge in [0.05, 0.1) is 6.61 Å². The first kappa shape index (κ1) is 11.5. The summed E-state index contributed by atoms with van der Waals surface area (Å²) in [6, 6.07) is 7.94. The minimum Gasteiger partial charge on any atom is -0.468 e. The first-order valence-corrected chi connectivity index (χ1v) is 5.78. The molecule has 1 aromatic carbocycles. The highest BCUT2D eigenvalue weighted by Gasteiger charge is 1.93. The minimum atomic E-state index is 0.330. The van der Waals surface area contributed by atoms with Gasteiger partial charge in [0, 0.05) is 5.33 Å². The van der Waals surface area contributed by atoms with E-state index < -0.39 is 0 Å². The fourth-order valence-corrected chi connectivity index (χ4v) is 1.26. The molecular formula is C11H15BrO2. The molecule has 0 fully saturated rings. The van der Waals surface area contributed by atoms with E-state index in [-0.39, 0.29) is 0 Å². The first-order valence-electron chi connectivity index (χ1n) is 4.66. The highest BCUT2D eigenvalue weighted by atomic mass is 79.9. The molecule has 0 aliphatic carbocycles. The molecule has 0 N–H and O–H groups in total. The van der Waals surface area contributed by atoms with Crippen molar-refractivity contribution >= 4 is 15.9 Å². The third kappa shape index (κ3) is 4.63. The third-order valence-electron chi connectivity index (χ3n) is 1.72. The maximum absolute atomic E-state index is 5.40. The van der Waals surface area contributed by atoms with Crippen LogP contribution in [0.2, 0.25) is 0 Å². The van der Waals surface area contributed by atoms with E-state index in [1.807, 2.05) is 31.2 Å². The third-order valence-corrected chi connectivity index (χ3v) is 2.28. The van der Waals surface area contributed by atoms with Gasteiger partial charge in [-0.3, -0.25) is 0 Å². The lowest BCUT2D eigenvalue weighted by Gasteiger charge is -2.06. The normalized spacial score (nSPS) is 10.1. The van der Waals surface area contributed by atoms with Crippen LogP contribution in [0.3, 0.4) is 0 Å². The van der Waals surface area contributed by atoms with Crippen LogP contribution in [0.5, 0.6) is 5.75 Å². The molecule has 1 aromatic rings. The van der Waals surface area contributed by atoms with Gasteiger partial charge in [0.2, 0.25) is 0 Å². The number of rotatable bonds is 6. The zero-order valence-electron chi connectivity index (χ0n) is 8.33. The molecule has 0 saturated carbocycles. The predicted molar refractivity (Wildman–Crippen MR) is 61.0 cm³/mol. The molecule has 0 bridgehead atoms. The second kappa shape index (κ2) is 6.85. The van der Waals surface area contributed by atoms with Crippen LogP contribution < -0.4 is 4.74 Å². The van der Waals surface area contributed by atoms with Crippen molar-refractivity contribution in [1.29, 1.82) is 0 Å². The second-order valence-electron chi connectivity index (χ2n) is 3.03. The van der Waals surface area contributed by atoms with Crippen LogP contribution in [0.1, 0.15) is 12.0 Å². The van der Waals surface area contributed by atoms with Gasteiger partial charge < -0.3 is 9.47 Å². The molecule has 0 radical (unpaired) electrons. The topological polar surface area (TPSA) is 18.5 Å². The smallest absolute Gasteiger partial charge is 0.189 e. The number of ether oxygens (including phenoxy) is 2. The predicted octanol–water partition coefficient (Wildman–Crippen LogP) is 3.13. The molecule has 0 unspecified atom stereocenters. The Kier molecular flexibility index (Phi) is 5.64. The molecule has 0 spiro atoms. The monoisotopic (exact) mass is 258 g/mol. The van der Waals surface area contributed by atoms with Crippen LogP contribution in [0.15, 0.2) is 24.3 Å². The zero-order valence-corrected chi connectivity index (χ0v) is 9.92. The maximum Gasteiger partial charge on any atom is 0.189 e. The van der Waals surface area contributed by atoms with Crippen LogP contribution >= 0.6 is 15.9 Å². The highest BCUT2D eigenvalue weighted by Crippen LogP contribution is 2.11. The standard InChI is InChI=1S/C11H15BrO2/c1-10-4-2-5-11(8-10)14-9-13-7-3-6-12/h2,4-5,8H,3,6-7,9H2,1H3. The van der Waals surface area contributed by atoms with Crippen LogP contribution in [-0.4, -0.2) is 18.7 Å². The number of benzene rings is 1. The molecule has 0 amide bonds. The largest absolute Gasteiger partial charge is 0.468 e. The van der Waals surface area contributed by atoms with Crippen molar-refractivity contribution in [3.8, 4) is 5.75 Å². The number of alkyl halides is 1. The summed E-state index contributed by atoms with van der Waals surface area (Å²) in [5, 5.41) is 0.970. The van der Waals surface area contributed by atoms with E-state index in [0.29, 0.717) is 6.79 Å². The SMILES string of the molecule is Cc1cccc(OCOCCCBr)c1. The summed E-state index contributed by atoms with van der Waals surface area (Å²) in [6.07, 6.45) is 1.01. The van der Waals surface area contributed by atoms with Gasteiger partial charge in [0.1, 0.15) is 5.75 Å². The van der Waals surface area contributed by atoms with Crippen LogP contribution in [0.25, 0.3) is 0 Å². The van der Waals surface area contributed by atoms with E-state index in [1.54, 1.807) is 0 Å². The molecular weight excluding hydrogens is 244 g/mol. The van der Waals surface area contributed by atoms with Gasteiger partial charge in [-0.05, 0) is 31.0 Å². The number of halogens is 1. The molecule has 0 aliphatic heterocycles. The highest BCUT2D eigenvalue weighted by molar-refractivity contribution is 9.09. The Bertz CT molecular complexity index is 263. The summed E-state index contributed by atoms with van der Waals surface area (Å²) in [5.41, 5.74) is 1.20. The van der Waals surface area contributed by atoms with Crippen molar-refractivity contribution < 1.29 is 9.47 Å². The molecule has 0 aliphatic rings. The molecule has 0 saturated heterocycles. The molecule has 0 heterocycles. The number of aryl methyl sites for hydroxylation is 1. The summed E-state index contributed by atoms with van der Waals surface area (Å²) in [6.45, 7) is 3.10. The lowest BCUT2D eigenvalue weighted by Crippen LogP contribution is -2.04. The van der Waals surface area contributed by atoms with Crippen molar-refractivity contribution in [3.05, 3.63) is 29.8 Å². The quantitative estimate of drug-likeness (QED) is 0.444. The van der Waals surface area contributed by atoms with Gasteiger partial charge in [-0.25, -0.2) is 0 Å². The Labute approximate surface area is 93.4 Å². The van der Waals surface area contributed by atoms with Crippen LogP contribution in [-0.2, 0) is 4.74 Å². The average Bonchev–Trinajstić information content (AvgIpc) is 2.18. The van der Waals surface area contributed by atoms with E-state index >= 15 is 0 Å². The van der Waals surface area contributed by atoms with Gasteiger partial charge >= 0.3 is 0 Å². The summed E-state index contributed by atoms with van der Waals surface area (Å²) < 4.78 is 10.7. The molecule has 0 aromatic heterocycles. The van der Waals surface area contributed by atoms with Gasteiger partial charge in [0.15, 0.2) is 6.79 Å². The Hall–Kier alpha value is -0.540. The van der Waals surface area contributed by atoms with E-state index in [0.717, 1.165) is 24.1 Å². The summed E-state index contributed by atoms with van der Waals surface area (Å²) in [7, 11) is 0. The van der Waals surface area contributed by atoms with Crippen molar-refractivity contribution in [3.63, 3.8) is 0 Å². The Morgan fingerprint density at radius 1 is 1.36 bits per heavy atom. The molecule has 78 valence electrons. The lowest BCUT2D eigenvalue weighted by atomic mass is 10.2. The van der Waals surface area contributed by atoms with Gasteiger partial charge in [-0.15, -0.1) is 0 Å². The van der Waals surface area contributed by atoms with Gasteiger partial charge in [-0.1, -0.05) is 28.1 Å². The second-order valence-corrected chi connectivity index (χ2v) is 3.82. The van der Waals surface area contributed by atoms with Crippen molar-refractivity contribution in [2.24, 2.45) is 0 Å². The fourth-order valence-electron chi connectivity index (χ4n) is 1.03. The van der Waals surface area contributed by atoms with E-state index in [2.05, 4.69) is 15.9 Å². The molecule has 14 heavy (non-hydrogen) atoms.